The molecule has 3 N–H and O–H groups in total. The molecular formula is C23H19ClF3N5O2. The van der Waals surface area contributed by atoms with E-state index in [2.05, 4.69) is 20.4 Å². The van der Waals surface area contributed by atoms with Crippen molar-refractivity contribution in [1.82, 2.24) is 10.1 Å². The lowest BCUT2D eigenvalue weighted by Crippen LogP contribution is -2.18. The second kappa shape index (κ2) is 9.68. The number of rotatable bonds is 8. The van der Waals surface area contributed by atoms with Crippen molar-refractivity contribution in [2.45, 2.75) is 24.7 Å². The maximum absolute atomic E-state index is 13.5. The highest BCUT2D eigenvalue weighted by molar-refractivity contribution is 6.31. The third kappa shape index (κ3) is 5.12. The maximum Gasteiger partial charge on any atom is 0.280 e. The first-order valence-corrected chi connectivity index (χ1v) is 10.6. The number of hydrogen-bond acceptors (Lipinski definition) is 6. The molecule has 2 aromatic carbocycles. The summed E-state index contributed by atoms with van der Waals surface area (Å²) in [6, 6.07) is 12.6. The van der Waals surface area contributed by atoms with E-state index in [0.29, 0.717) is 24.1 Å². The highest BCUT2D eigenvalue weighted by Crippen LogP contribution is 2.54. The van der Waals surface area contributed by atoms with Gasteiger partial charge in [0.25, 0.3) is 12.3 Å². The molecule has 0 radical (unpaired) electrons. The fourth-order valence-electron chi connectivity index (χ4n) is 3.43. The first kappa shape index (κ1) is 23.5. The third-order valence-corrected chi connectivity index (χ3v) is 5.60. The summed E-state index contributed by atoms with van der Waals surface area (Å²) < 4.78 is 45.6. The fraction of sp³-hybridized carbons (Fsp3) is 0.217. The molecule has 0 bridgehead atoms. The minimum absolute atomic E-state index is 0.179. The van der Waals surface area contributed by atoms with Gasteiger partial charge in [-0.3, -0.25) is 9.79 Å². The Kier molecular flexibility index (Phi) is 6.69. The molecule has 34 heavy (non-hydrogen) atoms. The molecule has 1 aliphatic rings. The summed E-state index contributed by atoms with van der Waals surface area (Å²) in [5, 5.41) is 6.72. The van der Waals surface area contributed by atoms with Crippen molar-refractivity contribution in [2.75, 3.05) is 11.9 Å². The van der Waals surface area contributed by atoms with Crippen LogP contribution in [0.2, 0.25) is 5.02 Å². The third-order valence-electron chi connectivity index (χ3n) is 5.29. The Bertz CT molecular complexity index is 1260. The van der Waals surface area contributed by atoms with Gasteiger partial charge < -0.3 is 15.6 Å². The lowest BCUT2D eigenvalue weighted by atomic mass is 9.95. The molecule has 1 fully saturated rings. The van der Waals surface area contributed by atoms with Gasteiger partial charge in [0.1, 0.15) is 18.1 Å². The quantitative estimate of drug-likeness (QED) is 0.450. The number of amides is 1. The summed E-state index contributed by atoms with van der Waals surface area (Å²) in [4.78, 5) is 19.9. The zero-order valence-corrected chi connectivity index (χ0v) is 18.4. The Balaban J connectivity index is 1.50. The summed E-state index contributed by atoms with van der Waals surface area (Å²) in [7, 11) is 0. The van der Waals surface area contributed by atoms with E-state index in [-0.39, 0.29) is 22.4 Å². The number of nitrogens with two attached hydrogens (primary N) is 1. The van der Waals surface area contributed by atoms with Crippen molar-refractivity contribution in [2.24, 2.45) is 10.7 Å². The van der Waals surface area contributed by atoms with Gasteiger partial charge >= 0.3 is 0 Å². The molecule has 176 valence electrons. The summed E-state index contributed by atoms with van der Waals surface area (Å²) >= 11 is 6.19. The topological polar surface area (TPSA) is 106 Å². The molecule has 0 saturated heterocycles. The van der Waals surface area contributed by atoms with Crippen LogP contribution < -0.4 is 11.1 Å². The molecule has 0 aliphatic heterocycles. The number of para-hydroxylation sites is 1. The predicted octanol–water partition coefficient (Wildman–Crippen LogP) is 4.59. The highest BCUT2D eigenvalue weighted by Gasteiger charge is 2.51. The van der Waals surface area contributed by atoms with E-state index in [1.807, 2.05) is 0 Å². The summed E-state index contributed by atoms with van der Waals surface area (Å²) in [6.07, 6.45) is -0.789. The number of aromatic nitrogens is 2. The van der Waals surface area contributed by atoms with Gasteiger partial charge in [0.2, 0.25) is 5.91 Å². The van der Waals surface area contributed by atoms with Gasteiger partial charge in [-0.2, -0.15) is 4.98 Å². The number of hydrogen-bond donors (Lipinski definition) is 2. The molecule has 0 spiro atoms. The van der Waals surface area contributed by atoms with Gasteiger partial charge in [-0.05, 0) is 48.7 Å². The summed E-state index contributed by atoms with van der Waals surface area (Å²) in [5.41, 5.74) is 5.48. The Morgan fingerprint density at radius 3 is 2.65 bits per heavy atom. The average molecular weight is 490 g/mol. The Morgan fingerprint density at radius 2 is 2.00 bits per heavy atom. The molecule has 1 saturated carbocycles. The van der Waals surface area contributed by atoms with E-state index in [0.717, 1.165) is 6.08 Å². The molecule has 1 aliphatic carbocycles. The number of halogens is 4. The van der Waals surface area contributed by atoms with E-state index in [4.69, 9.17) is 21.9 Å². The smallest absolute Gasteiger partial charge is 0.280 e. The first-order valence-electron chi connectivity index (χ1n) is 10.2. The van der Waals surface area contributed by atoms with E-state index in [9.17, 15) is 18.0 Å². The van der Waals surface area contributed by atoms with E-state index in [1.54, 1.807) is 36.4 Å². The van der Waals surface area contributed by atoms with Gasteiger partial charge in [-0.15, -0.1) is 0 Å². The molecule has 11 heteroatoms. The van der Waals surface area contributed by atoms with E-state index >= 15 is 0 Å². The van der Waals surface area contributed by atoms with Crippen molar-refractivity contribution < 1.29 is 22.5 Å². The number of nitrogens with one attached hydrogen (secondary N) is 1. The Morgan fingerprint density at radius 1 is 1.26 bits per heavy atom. The number of alkyl halides is 2. The van der Waals surface area contributed by atoms with Crippen molar-refractivity contribution in [3.8, 4) is 0 Å². The van der Waals surface area contributed by atoms with Crippen molar-refractivity contribution in [3.05, 3.63) is 82.7 Å². The number of carbonyl (C=O) groups is 1. The Hall–Kier alpha value is -3.66. The summed E-state index contributed by atoms with van der Waals surface area (Å²) in [5.74, 6) is -0.947. The molecule has 1 heterocycles. The standard InChI is InChI=1S/C23H19ClF3N5O2/c24-16-10-13(25)6-7-15(16)23(8-9-23)22-31-21(34-32-22)17(28)11-18(20(26)27)29-12-19(33)30-14-4-2-1-3-5-14/h1-7,10-11,20H,8-9,12,28H2,(H,30,33)/b17-11-,29-18?. The summed E-state index contributed by atoms with van der Waals surface area (Å²) in [6.45, 7) is -0.528. The van der Waals surface area contributed by atoms with Crippen molar-refractivity contribution >= 4 is 34.6 Å². The minimum atomic E-state index is -2.99. The number of nitrogens with zero attached hydrogens (tertiary/aromatic N) is 3. The van der Waals surface area contributed by atoms with Crippen LogP contribution in [0.1, 0.15) is 30.1 Å². The molecule has 4 rings (SSSR count). The van der Waals surface area contributed by atoms with Crippen LogP contribution in [0, 0.1) is 5.82 Å². The second-order valence-corrected chi connectivity index (χ2v) is 8.09. The molecule has 1 aromatic heterocycles. The SMILES string of the molecule is N/C(=C\C(=NCC(=O)Nc1ccccc1)C(F)F)c1nc(C2(c3ccc(F)cc3Cl)CC2)no1. The Labute approximate surface area is 197 Å². The average Bonchev–Trinajstić information content (AvgIpc) is 3.44. The van der Waals surface area contributed by atoms with Crippen LogP contribution in [0.15, 0.2) is 64.1 Å². The number of aliphatic imine (C=N–C) groups is 1. The molecular weight excluding hydrogens is 471 g/mol. The minimum Gasteiger partial charge on any atom is -0.394 e. The number of benzene rings is 2. The molecule has 1 amide bonds. The van der Waals surface area contributed by atoms with Gasteiger partial charge in [0.05, 0.1) is 11.1 Å². The lowest BCUT2D eigenvalue weighted by molar-refractivity contribution is -0.114. The van der Waals surface area contributed by atoms with Crippen LogP contribution in [-0.4, -0.2) is 34.7 Å². The normalized spacial score (nSPS) is 15.4. The molecule has 0 unspecified atom stereocenters. The molecule has 7 nitrogen and oxygen atoms in total. The monoisotopic (exact) mass is 489 g/mol. The molecule has 0 atom stereocenters. The second-order valence-electron chi connectivity index (χ2n) is 7.69. The largest absolute Gasteiger partial charge is 0.394 e. The number of anilines is 1. The maximum atomic E-state index is 13.5. The van der Waals surface area contributed by atoms with Crippen LogP contribution in [0.3, 0.4) is 0 Å². The van der Waals surface area contributed by atoms with Gasteiger partial charge in [0, 0.05) is 10.7 Å². The van der Waals surface area contributed by atoms with E-state index in [1.165, 1.54) is 12.1 Å². The fourth-order valence-corrected chi connectivity index (χ4v) is 3.78. The van der Waals surface area contributed by atoms with Crippen LogP contribution in [0.4, 0.5) is 18.9 Å². The van der Waals surface area contributed by atoms with Gasteiger partial charge in [-0.25, -0.2) is 13.2 Å². The van der Waals surface area contributed by atoms with Crippen molar-refractivity contribution in [1.29, 1.82) is 0 Å². The van der Waals surface area contributed by atoms with Gasteiger partial charge in [-0.1, -0.05) is 41.0 Å². The molecule has 3 aromatic rings. The zero-order valence-electron chi connectivity index (χ0n) is 17.6. The van der Waals surface area contributed by atoms with E-state index < -0.39 is 35.8 Å². The van der Waals surface area contributed by atoms with Crippen LogP contribution in [0.25, 0.3) is 5.70 Å². The highest BCUT2D eigenvalue weighted by atomic mass is 35.5. The van der Waals surface area contributed by atoms with Gasteiger partial charge in [0.15, 0.2) is 5.82 Å². The van der Waals surface area contributed by atoms with Crippen LogP contribution >= 0.6 is 11.6 Å². The lowest BCUT2D eigenvalue weighted by Gasteiger charge is -2.12. The number of allylic oxidation sites excluding steroid dienone is 1. The van der Waals surface area contributed by atoms with Crippen LogP contribution in [-0.2, 0) is 10.2 Å². The first-order chi connectivity index (χ1) is 16.3. The van der Waals surface area contributed by atoms with Crippen molar-refractivity contribution in [3.63, 3.8) is 0 Å². The predicted molar refractivity (Wildman–Crippen MR) is 121 cm³/mol. The van der Waals surface area contributed by atoms with Crippen LogP contribution in [0.5, 0.6) is 0 Å². The number of carbonyl (C=O) groups excluding carboxylic acids is 1. The zero-order chi connectivity index (χ0) is 24.3.